The molecule has 0 heterocycles. The molecule has 3 heteroatoms. The maximum Gasteiger partial charge on any atom is 0.120 e. The lowest BCUT2D eigenvalue weighted by molar-refractivity contribution is 0.339. The fraction of sp³-hybridized carbons (Fsp3) is 0.538. The number of ether oxygens (including phenoxy) is 1. The van der Waals surface area contributed by atoms with Gasteiger partial charge >= 0.3 is 0 Å². The smallest absolute Gasteiger partial charge is 0.120 e. The Labute approximate surface area is 107 Å². The van der Waals surface area contributed by atoms with Gasteiger partial charge in [-0.3, -0.25) is 0 Å². The molecule has 16 heavy (non-hydrogen) atoms. The van der Waals surface area contributed by atoms with Gasteiger partial charge in [0.1, 0.15) is 5.75 Å². The molecule has 0 saturated carbocycles. The average molecular weight is 286 g/mol. The first-order valence-corrected chi connectivity index (χ1v) is 6.67. The Morgan fingerprint density at radius 3 is 2.56 bits per heavy atom. The quantitative estimate of drug-likeness (QED) is 0.856. The molecule has 0 fully saturated rings. The van der Waals surface area contributed by atoms with Crippen LogP contribution in [-0.4, -0.2) is 13.2 Å². The Hall–Kier alpha value is -0.540. The van der Waals surface area contributed by atoms with Crippen molar-refractivity contribution in [3.8, 4) is 5.75 Å². The summed E-state index contributed by atoms with van der Waals surface area (Å²) in [4.78, 5) is 0. The zero-order valence-electron chi connectivity index (χ0n) is 10.2. The van der Waals surface area contributed by atoms with E-state index in [4.69, 9.17) is 4.74 Å². The van der Waals surface area contributed by atoms with Gasteiger partial charge in [-0.25, -0.2) is 0 Å². The number of hydrogen-bond donors (Lipinski definition) is 1. The van der Waals surface area contributed by atoms with Crippen LogP contribution in [0.4, 0.5) is 0 Å². The lowest BCUT2D eigenvalue weighted by Crippen LogP contribution is -2.20. The van der Waals surface area contributed by atoms with Crippen molar-refractivity contribution in [3.05, 3.63) is 28.2 Å². The number of halogens is 1. The van der Waals surface area contributed by atoms with Gasteiger partial charge in [-0.2, -0.15) is 0 Å². The van der Waals surface area contributed by atoms with Crippen molar-refractivity contribution in [2.24, 2.45) is 0 Å². The minimum absolute atomic E-state index is 0.412. The van der Waals surface area contributed by atoms with E-state index in [1.54, 1.807) is 0 Å². The molecule has 2 nitrogen and oxygen atoms in total. The van der Waals surface area contributed by atoms with Crippen molar-refractivity contribution in [3.63, 3.8) is 0 Å². The van der Waals surface area contributed by atoms with Crippen LogP contribution in [-0.2, 0) is 0 Å². The van der Waals surface area contributed by atoms with Gasteiger partial charge in [-0.15, -0.1) is 0 Å². The Bertz CT molecular complexity index is 328. The predicted octanol–water partition coefficient (Wildman–Crippen LogP) is 3.91. The molecular weight excluding hydrogens is 266 g/mol. The molecule has 0 radical (unpaired) electrons. The summed E-state index contributed by atoms with van der Waals surface area (Å²) in [5.41, 5.74) is 1.30. The standard InChI is InChI=1S/C13H20BrNO/c1-4-13(15-5-2)11-8-7-10(16-6-3)9-12(11)14/h7-9,13,15H,4-6H2,1-3H3. The van der Waals surface area contributed by atoms with Crippen LogP contribution in [0, 0.1) is 0 Å². The molecular formula is C13H20BrNO. The third-order valence-corrected chi connectivity index (χ3v) is 3.20. The van der Waals surface area contributed by atoms with Gasteiger partial charge in [0.05, 0.1) is 6.61 Å². The Kier molecular flexibility index (Phi) is 5.85. The van der Waals surface area contributed by atoms with Gasteiger partial charge in [-0.05, 0) is 37.6 Å². The fourth-order valence-electron chi connectivity index (χ4n) is 1.77. The molecule has 90 valence electrons. The number of rotatable bonds is 6. The van der Waals surface area contributed by atoms with E-state index < -0.39 is 0 Å². The second-order valence-electron chi connectivity index (χ2n) is 3.63. The van der Waals surface area contributed by atoms with E-state index in [2.05, 4.69) is 41.2 Å². The normalized spacial score (nSPS) is 12.5. The van der Waals surface area contributed by atoms with Crippen LogP contribution in [0.1, 0.15) is 38.8 Å². The Morgan fingerprint density at radius 2 is 2.06 bits per heavy atom. The summed E-state index contributed by atoms with van der Waals surface area (Å²) in [7, 11) is 0. The van der Waals surface area contributed by atoms with Gasteiger partial charge in [-0.1, -0.05) is 35.8 Å². The summed E-state index contributed by atoms with van der Waals surface area (Å²) in [5.74, 6) is 0.921. The summed E-state index contributed by atoms with van der Waals surface area (Å²) < 4.78 is 6.58. The van der Waals surface area contributed by atoms with E-state index in [1.807, 2.05) is 19.1 Å². The highest BCUT2D eigenvalue weighted by molar-refractivity contribution is 9.10. The molecule has 1 N–H and O–H groups in total. The molecule has 1 aromatic carbocycles. The largest absolute Gasteiger partial charge is 0.494 e. The average Bonchev–Trinajstić information content (AvgIpc) is 2.27. The fourth-order valence-corrected chi connectivity index (χ4v) is 2.40. The Balaban J connectivity index is 2.87. The topological polar surface area (TPSA) is 21.3 Å². The van der Waals surface area contributed by atoms with Crippen LogP contribution >= 0.6 is 15.9 Å². The molecule has 0 aliphatic heterocycles. The molecule has 0 aliphatic rings. The molecule has 1 unspecified atom stereocenters. The minimum Gasteiger partial charge on any atom is -0.494 e. The monoisotopic (exact) mass is 285 g/mol. The molecule has 0 spiro atoms. The number of nitrogens with one attached hydrogen (secondary N) is 1. The first-order chi connectivity index (χ1) is 7.72. The highest BCUT2D eigenvalue weighted by atomic mass is 79.9. The molecule has 0 bridgehead atoms. The summed E-state index contributed by atoms with van der Waals surface area (Å²) in [6, 6.07) is 6.61. The lowest BCUT2D eigenvalue weighted by Gasteiger charge is -2.18. The molecule has 0 amide bonds. The van der Waals surface area contributed by atoms with Gasteiger partial charge in [0.15, 0.2) is 0 Å². The van der Waals surface area contributed by atoms with Crippen molar-refractivity contribution in [2.75, 3.05) is 13.2 Å². The van der Waals surface area contributed by atoms with Crippen molar-refractivity contribution in [2.45, 2.75) is 33.2 Å². The zero-order chi connectivity index (χ0) is 12.0. The molecule has 1 atom stereocenters. The third-order valence-electron chi connectivity index (χ3n) is 2.52. The van der Waals surface area contributed by atoms with Crippen molar-refractivity contribution >= 4 is 15.9 Å². The highest BCUT2D eigenvalue weighted by Gasteiger charge is 2.11. The van der Waals surface area contributed by atoms with E-state index >= 15 is 0 Å². The lowest BCUT2D eigenvalue weighted by atomic mass is 10.0. The molecule has 1 aromatic rings. The summed E-state index contributed by atoms with van der Waals surface area (Å²) in [6.45, 7) is 8.00. The van der Waals surface area contributed by atoms with Crippen molar-refractivity contribution in [1.29, 1.82) is 0 Å². The first kappa shape index (κ1) is 13.5. The van der Waals surface area contributed by atoms with Crippen LogP contribution in [0.3, 0.4) is 0 Å². The maximum absolute atomic E-state index is 5.46. The van der Waals surface area contributed by atoms with Gasteiger partial charge in [0, 0.05) is 10.5 Å². The van der Waals surface area contributed by atoms with Crippen LogP contribution < -0.4 is 10.1 Å². The van der Waals surface area contributed by atoms with E-state index in [-0.39, 0.29) is 0 Å². The SMILES string of the molecule is CCNC(CC)c1ccc(OCC)cc1Br. The number of benzene rings is 1. The van der Waals surface area contributed by atoms with Crippen LogP contribution in [0.2, 0.25) is 0 Å². The molecule has 0 saturated heterocycles. The molecule has 0 aliphatic carbocycles. The van der Waals surface area contributed by atoms with Crippen molar-refractivity contribution in [1.82, 2.24) is 5.32 Å². The van der Waals surface area contributed by atoms with E-state index in [1.165, 1.54) is 5.56 Å². The zero-order valence-corrected chi connectivity index (χ0v) is 11.8. The number of hydrogen-bond acceptors (Lipinski definition) is 2. The summed E-state index contributed by atoms with van der Waals surface area (Å²) in [6.07, 6.45) is 1.08. The third kappa shape index (κ3) is 3.49. The predicted molar refractivity (Wildman–Crippen MR) is 72.0 cm³/mol. The second-order valence-corrected chi connectivity index (χ2v) is 4.49. The molecule has 0 aromatic heterocycles. The van der Waals surface area contributed by atoms with E-state index in [0.29, 0.717) is 12.6 Å². The van der Waals surface area contributed by atoms with Crippen LogP contribution in [0.15, 0.2) is 22.7 Å². The van der Waals surface area contributed by atoms with Crippen LogP contribution in [0.25, 0.3) is 0 Å². The summed E-state index contributed by atoms with van der Waals surface area (Å²) >= 11 is 3.61. The van der Waals surface area contributed by atoms with Crippen LogP contribution in [0.5, 0.6) is 5.75 Å². The Morgan fingerprint density at radius 1 is 1.31 bits per heavy atom. The van der Waals surface area contributed by atoms with Crippen molar-refractivity contribution < 1.29 is 4.74 Å². The maximum atomic E-state index is 5.46. The minimum atomic E-state index is 0.412. The van der Waals surface area contributed by atoms with Gasteiger partial charge in [0.2, 0.25) is 0 Å². The molecule has 1 rings (SSSR count). The van der Waals surface area contributed by atoms with Gasteiger partial charge < -0.3 is 10.1 Å². The van der Waals surface area contributed by atoms with Gasteiger partial charge in [0.25, 0.3) is 0 Å². The van der Waals surface area contributed by atoms with E-state index in [9.17, 15) is 0 Å². The first-order valence-electron chi connectivity index (χ1n) is 5.88. The highest BCUT2D eigenvalue weighted by Crippen LogP contribution is 2.29. The second kappa shape index (κ2) is 6.92. The van der Waals surface area contributed by atoms with E-state index in [0.717, 1.165) is 23.2 Å². The summed E-state index contributed by atoms with van der Waals surface area (Å²) in [5, 5.41) is 3.47.